The molecule has 0 saturated carbocycles. The SMILES string of the molecule is CCOc1ccc(OCCCC(=O)NCCCc2ccccc2F)cc1. The number of benzene rings is 2. The summed E-state index contributed by atoms with van der Waals surface area (Å²) in [6.07, 6.45) is 2.40. The molecule has 0 fully saturated rings. The van der Waals surface area contributed by atoms with Crippen LogP contribution in [0.4, 0.5) is 4.39 Å². The van der Waals surface area contributed by atoms with Crippen LogP contribution in [0.15, 0.2) is 48.5 Å². The molecule has 0 aliphatic rings. The Morgan fingerprint density at radius 3 is 2.38 bits per heavy atom. The van der Waals surface area contributed by atoms with Gasteiger partial charge >= 0.3 is 0 Å². The number of hydrogen-bond acceptors (Lipinski definition) is 3. The van der Waals surface area contributed by atoms with Crippen molar-refractivity contribution in [1.82, 2.24) is 5.32 Å². The largest absolute Gasteiger partial charge is 0.494 e. The summed E-state index contributed by atoms with van der Waals surface area (Å²) in [5.41, 5.74) is 0.686. The van der Waals surface area contributed by atoms with E-state index in [9.17, 15) is 9.18 Å². The molecule has 0 radical (unpaired) electrons. The van der Waals surface area contributed by atoms with E-state index in [-0.39, 0.29) is 11.7 Å². The fourth-order valence-corrected chi connectivity index (χ4v) is 2.52. The second-order valence-corrected chi connectivity index (χ2v) is 5.90. The van der Waals surface area contributed by atoms with Gasteiger partial charge in [-0.3, -0.25) is 4.79 Å². The van der Waals surface area contributed by atoms with Gasteiger partial charge in [0.15, 0.2) is 0 Å². The first kappa shape index (κ1) is 19.8. The van der Waals surface area contributed by atoms with E-state index in [2.05, 4.69) is 5.32 Å². The first-order valence-electron chi connectivity index (χ1n) is 9.05. The van der Waals surface area contributed by atoms with Crippen molar-refractivity contribution >= 4 is 5.91 Å². The number of halogens is 1. The van der Waals surface area contributed by atoms with Crippen LogP contribution in [-0.4, -0.2) is 25.7 Å². The smallest absolute Gasteiger partial charge is 0.220 e. The van der Waals surface area contributed by atoms with Crippen LogP contribution in [0, 0.1) is 5.82 Å². The van der Waals surface area contributed by atoms with Crippen molar-refractivity contribution in [2.75, 3.05) is 19.8 Å². The van der Waals surface area contributed by atoms with E-state index in [1.54, 1.807) is 12.1 Å². The number of carbonyl (C=O) groups excluding carboxylic acids is 1. The molecular formula is C21H26FNO3. The third-order valence-electron chi connectivity index (χ3n) is 3.85. The summed E-state index contributed by atoms with van der Waals surface area (Å²) in [7, 11) is 0. The highest BCUT2D eigenvalue weighted by Crippen LogP contribution is 2.17. The lowest BCUT2D eigenvalue weighted by atomic mass is 10.1. The molecule has 0 aliphatic carbocycles. The van der Waals surface area contributed by atoms with E-state index >= 15 is 0 Å². The maximum atomic E-state index is 13.5. The normalized spacial score (nSPS) is 10.4. The van der Waals surface area contributed by atoms with Gasteiger partial charge in [-0.25, -0.2) is 4.39 Å². The average Bonchev–Trinajstić information content (AvgIpc) is 2.65. The van der Waals surface area contributed by atoms with Gasteiger partial charge in [-0.2, -0.15) is 0 Å². The number of rotatable bonds is 11. The summed E-state index contributed by atoms with van der Waals surface area (Å²) in [5, 5.41) is 2.86. The highest BCUT2D eigenvalue weighted by atomic mass is 19.1. The van der Waals surface area contributed by atoms with Crippen LogP contribution in [-0.2, 0) is 11.2 Å². The van der Waals surface area contributed by atoms with Crippen LogP contribution in [0.1, 0.15) is 31.7 Å². The first-order chi connectivity index (χ1) is 12.7. The predicted molar refractivity (Wildman–Crippen MR) is 100 cm³/mol. The van der Waals surface area contributed by atoms with E-state index in [0.717, 1.165) is 17.9 Å². The molecule has 0 atom stereocenters. The molecule has 0 spiro atoms. The van der Waals surface area contributed by atoms with Crippen molar-refractivity contribution < 1.29 is 18.7 Å². The van der Waals surface area contributed by atoms with E-state index in [4.69, 9.17) is 9.47 Å². The van der Waals surface area contributed by atoms with Gasteiger partial charge in [0.25, 0.3) is 0 Å². The number of ether oxygens (including phenoxy) is 2. The zero-order valence-electron chi connectivity index (χ0n) is 15.2. The standard InChI is InChI=1S/C21H26FNO3/c1-2-25-18-11-13-19(14-12-18)26-16-6-10-21(24)23-15-5-8-17-7-3-4-9-20(17)22/h3-4,7,9,11-14H,2,5-6,8,10,15-16H2,1H3,(H,23,24). The van der Waals surface area contributed by atoms with Crippen LogP contribution in [0.25, 0.3) is 0 Å². The molecule has 0 bridgehead atoms. The first-order valence-corrected chi connectivity index (χ1v) is 9.05. The van der Waals surface area contributed by atoms with Gasteiger partial charge in [-0.05, 0) is 62.1 Å². The van der Waals surface area contributed by atoms with Crippen molar-refractivity contribution in [2.45, 2.75) is 32.6 Å². The van der Waals surface area contributed by atoms with Crippen molar-refractivity contribution in [1.29, 1.82) is 0 Å². The number of nitrogens with one attached hydrogen (secondary N) is 1. The molecule has 2 aromatic rings. The predicted octanol–water partition coefficient (Wildman–Crippen LogP) is 4.13. The molecular weight excluding hydrogens is 333 g/mol. The average molecular weight is 359 g/mol. The highest BCUT2D eigenvalue weighted by molar-refractivity contribution is 5.75. The van der Waals surface area contributed by atoms with E-state index < -0.39 is 0 Å². The summed E-state index contributed by atoms with van der Waals surface area (Å²) in [6, 6.07) is 14.2. The topological polar surface area (TPSA) is 47.6 Å². The van der Waals surface area contributed by atoms with Crippen molar-refractivity contribution in [2.24, 2.45) is 0 Å². The molecule has 0 heterocycles. The summed E-state index contributed by atoms with van der Waals surface area (Å²) in [4.78, 5) is 11.8. The maximum Gasteiger partial charge on any atom is 0.220 e. The monoisotopic (exact) mass is 359 g/mol. The van der Waals surface area contributed by atoms with Gasteiger partial charge < -0.3 is 14.8 Å². The van der Waals surface area contributed by atoms with Crippen LogP contribution in [0.3, 0.4) is 0 Å². The fraction of sp³-hybridized carbons (Fsp3) is 0.381. The highest BCUT2D eigenvalue weighted by Gasteiger charge is 2.03. The van der Waals surface area contributed by atoms with Crippen LogP contribution < -0.4 is 14.8 Å². The number of aryl methyl sites for hydroxylation is 1. The maximum absolute atomic E-state index is 13.5. The molecule has 26 heavy (non-hydrogen) atoms. The molecule has 0 saturated heterocycles. The van der Waals surface area contributed by atoms with Crippen molar-refractivity contribution in [3.8, 4) is 11.5 Å². The Hall–Kier alpha value is -2.56. The van der Waals surface area contributed by atoms with Crippen molar-refractivity contribution in [3.63, 3.8) is 0 Å². The zero-order chi connectivity index (χ0) is 18.6. The third kappa shape index (κ3) is 7.13. The minimum Gasteiger partial charge on any atom is -0.494 e. The molecule has 0 aromatic heterocycles. The quantitative estimate of drug-likeness (QED) is 0.614. The Balaban J connectivity index is 1.54. The number of hydrogen-bond donors (Lipinski definition) is 1. The van der Waals surface area contributed by atoms with Crippen LogP contribution in [0.2, 0.25) is 0 Å². The van der Waals surface area contributed by atoms with E-state index in [0.29, 0.717) is 44.6 Å². The summed E-state index contributed by atoms with van der Waals surface area (Å²) < 4.78 is 24.5. The molecule has 4 nitrogen and oxygen atoms in total. The molecule has 0 unspecified atom stereocenters. The number of amides is 1. The zero-order valence-corrected chi connectivity index (χ0v) is 15.2. The van der Waals surface area contributed by atoms with Gasteiger partial charge in [0.05, 0.1) is 13.2 Å². The minimum absolute atomic E-state index is 0.00572. The van der Waals surface area contributed by atoms with E-state index in [1.165, 1.54) is 6.07 Å². The minimum atomic E-state index is -0.190. The third-order valence-corrected chi connectivity index (χ3v) is 3.85. The summed E-state index contributed by atoms with van der Waals surface area (Å²) in [5.74, 6) is 1.38. The Bertz CT molecular complexity index is 673. The molecule has 140 valence electrons. The summed E-state index contributed by atoms with van der Waals surface area (Å²) >= 11 is 0. The van der Waals surface area contributed by atoms with E-state index in [1.807, 2.05) is 37.3 Å². The Morgan fingerprint density at radius 1 is 1.00 bits per heavy atom. The van der Waals surface area contributed by atoms with Gasteiger partial charge in [0.1, 0.15) is 17.3 Å². The van der Waals surface area contributed by atoms with Gasteiger partial charge in [-0.15, -0.1) is 0 Å². The molecule has 0 aliphatic heterocycles. The molecule has 2 aromatic carbocycles. The molecule has 2 rings (SSSR count). The van der Waals surface area contributed by atoms with Gasteiger partial charge in [0, 0.05) is 13.0 Å². The Morgan fingerprint density at radius 2 is 1.69 bits per heavy atom. The Kier molecular flexibility index (Phi) is 8.46. The summed E-state index contributed by atoms with van der Waals surface area (Å²) in [6.45, 7) is 3.61. The van der Waals surface area contributed by atoms with Crippen LogP contribution >= 0.6 is 0 Å². The lowest BCUT2D eigenvalue weighted by Gasteiger charge is -2.08. The lowest BCUT2D eigenvalue weighted by Crippen LogP contribution is -2.25. The van der Waals surface area contributed by atoms with Crippen molar-refractivity contribution in [3.05, 3.63) is 59.9 Å². The number of carbonyl (C=O) groups is 1. The molecule has 1 N–H and O–H groups in total. The van der Waals surface area contributed by atoms with Gasteiger partial charge in [-0.1, -0.05) is 18.2 Å². The van der Waals surface area contributed by atoms with Gasteiger partial charge in [0.2, 0.25) is 5.91 Å². The Labute approximate surface area is 154 Å². The van der Waals surface area contributed by atoms with Crippen LogP contribution in [0.5, 0.6) is 11.5 Å². The molecule has 5 heteroatoms. The lowest BCUT2D eigenvalue weighted by molar-refractivity contribution is -0.121. The second kappa shape index (κ2) is 11.1. The fourth-order valence-electron chi connectivity index (χ4n) is 2.52. The second-order valence-electron chi connectivity index (χ2n) is 5.90. The molecule has 1 amide bonds.